The first kappa shape index (κ1) is 11.9. The molecule has 0 aromatic heterocycles. The largest absolute Gasteiger partial charge is 0.341 e. The lowest BCUT2D eigenvalue weighted by Gasteiger charge is -2.37. The molecule has 2 fully saturated rings. The van der Waals surface area contributed by atoms with Gasteiger partial charge in [0.15, 0.2) is 0 Å². The van der Waals surface area contributed by atoms with Gasteiger partial charge in [0.1, 0.15) is 0 Å². The first-order chi connectivity index (χ1) is 7.81. The van der Waals surface area contributed by atoms with Crippen LogP contribution in [0.5, 0.6) is 0 Å². The van der Waals surface area contributed by atoms with Crippen molar-refractivity contribution in [3.8, 4) is 0 Å². The zero-order chi connectivity index (χ0) is 11.4. The fraction of sp³-hybridized carbons (Fsp3) is 0.923. The van der Waals surface area contributed by atoms with E-state index in [0.29, 0.717) is 11.9 Å². The first-order valence-electron chi connectivity index (χ1n) is 6.83. The van der Waals surface area contributed by atoms with Crippen molar-refractivity contribution in [1.29, 1.82) is 0 Å². The Labute approximate surface area is 98.8 Å². The van der Waals surface area contributed by atoms with Crippen LogP contribution in [0, 0.1) is 0 Å². The lowest BCUT2D eigenvalue weighted by Crippen LogP contribution is -2.48. The molecule has 3 heteroatoms. The van der Waals surface area contributed by atoms with Crippen LogP contribution in [0.4, 0.5) is 0 Å². The maximum atomic E-state index is 11.9. The Bertz CT molecular complexity index is 236. The van der Waals surface area contributed by atoms with Gasteiger partial charge in [-0.1, -0.05) is 6.92 Å². The molecule has 2 rings (SSSR count). The minimum absolute atomic E-state index is 0.367. The molecule has 3 nitrogen and oxygen atoms in total. The van der Waals surface area contributed by atoms with Crippen LogP contribution in [0.1, 0.15) is 45.4 Å². The average Bonchev–Trinajstić information content (AvgIpc) is 2.83. The summed E-state index contributed by atoms with van der Waals surface area (Å²) in [6.07, 6.45) is 6.88. The van der Waals surface area contributed by atoms with E-state index in [-0.39, 0.29) is 0 Å². The van der Waals surface area contributed by atoms with E-state index >= 15 is 0 Å². The molecule has 2 saturated heterocycles. The molecule has 2 aliphatic heterocycles. The van der Waals surface area contributed by atoms with Gasteiger partial charge < -0.3 is 4.90 Å². The fourth-order valence-corrected chi connectivity index (χ4v) is 2.96. The van der Waals surface area contributed by atoms with E-state index in [1.807, 2.05) is 0 Å². The monoisotopic (exact) mass is 224 g/mol. The minimum atomic E-state index is 0.367. The summed E-state index contributed by atoms with van der Waals surface area (Å²) in [7, 11) is 0. The predicted octanol–water partition coefficient (Wildman–Crippen LogP) is 1.87. The quantitative estimate of drug-likeness (QED) is 0.730. The third-order valence-corrected chi connectivity index (χ3v) is 3.87. The van der Waals surface area contributed by atoms with E-state index in [2.05, 4.69) is 16.7 Å². The number of carbonyl (C=O) groups is 1. The third kappa shape index (κ3) is 2.76. The van der Waals surface area contributed by atoms with Crippen LogP contribution in [0.3, 0.4) is 0 Å². The van der Waals surface area contributed by atoms with Crippen molar-refractivity contribution in [2.45, 2.75) is 51.5 Å². The molecule has 2 heterocycles. The molecule has 0 bridgehead atoms. The van der Waals surface area contributed by atoms with Crippen LogP contribution >= 0.6 is 0 Å². The van der Waals surface area contributed by atoms with Crippen LogP contribution in [-0.2, 0) is 4.79 Å². The molecule has 92 valence electrons. The van der Waals surface area contributed by atoms with Crippen molar-refractivity contribution in [3.05, 3.63) is 0 Å². The zero-order valence-corrected chi connectivity index (χ0v) is 10.5. The van der Waals surface area contributed by atoms with E-state index in [1.165, 1.54) is 38.8 Å². The minimum Gasteiger partial charge on any atom is -0.341 e. The molecule has 0 radical (unpaired) electrons. The summed E-state index contributed by atoms with van der Waals surface area (Å²) in [5.41, 5.74) is 0. The van der Waals surface area contributed by atoms with Crippen molar-refractivity contribution in [3.63, 3.8) is 0 Å². The van der Waals surface area contributed by atoms with E-state index in [4.69, 9.17) is 0 Å². The Morgan fingerprint density at radius 3 is 2.62 bits per heavy atom. The number of amides is 1. The summed E-state index contributed by atoms with van der Waals surface area (Å²) in [5, 5.41) is 0. The molecular weight excluding hydrogens is 200 g/mol. The third-order valence-electron chi connectivity index (χ3n) is 3.87. The Morgan fingerprint density at radius 2 is 1.94 bits per heavy atom. The summed E-state index contributed by atoms with van der Waals surface area (Å²) in [6, 6.07) is 0.650. The fourth-order valence-electron chi connectivity index (χ4n) is 2.96. The first-order valence-corrected chi connectivity index (χ1v) is 6.83. The van der Waals surface area contributed by atoms with Crippen molar-refractivity contribution in [2.24, 2.45) is 0 Å². The van der Waals surface area contributed by atoms with Crippen LogP contribution in [0.25, 0.3) is 0 Å². The van der Waals surface area contributed by atoms with Crippen LogP contribution in [0.2, 0.25) is 0 Å². The Hall–Kier alpha value is -0.570. The van der Waals surface area contributed by atoms with Crippen LogP contribution in [-0.4, -0.2) is 47.9 Å². The molecule has 1 unspecified atom stereocenters. The maximum absolute atomic E-state index is 11.9. The molecule has 2 aliphatic rings. The zero-order valence-electron chi connectivity index (χ0n) is 10.5. The van der Waals surface area contributed by atoms with Gasteiger partial charge in [0.2, 0.25) is 5.91 Å². The molecule has 0 aliphatic carbocycles. The standard InChI is InChI=1S/C13H24N2O/c1-2-6-13(16)15-10-5-7-12(11-15)14-8-3-4-9-14/h12H,2-11H2,1H3. The predicted molar refractivity (Wildman–Crippen MR) is 65.3 cm³/mol. The second-order valence-corrected chi connectivity index (χ2v) is 5.13. The highest BCUT2D eigenvalue weighted by Gasteiger charge is 2.28. The summed E-state index contributed by atoms with van der Waals surface area (Å²) in [5.74, 6) is 0.367. The number of piperidine rings is 1. The van der Waals surface area contributed by atoms with Gasteiger partial charge in [0.05, 0.1) is 0 Å². The van der Waals surface area contributed by atoms with Crippen LogP contribution in [0.15, 0.2) is 0 Å². The van der Waals surface area contributed by atoms with E-state index in [9.17, 15) is 4.79 Å². The molecule has 0 aromatic rings. The average molecular weight is 224 g/mol. The van der Waals surface area contributed by atoms with Crippen molar-refractivity contribution < 1.29 is 4.79 Å². The van der Waals surface area contributed by atoms with Gasteiger partial charge in [-0.15, -0.1) is 0 Å². The molecule has 0 saturated carbocycles. The van der Waals surface area contributed by atoms with Crippen molar-refractivity contribution in [2.75, 3.05) is 26.2 Å². The molecule has 0 spiro atoms. The number of carbonyl (C=O) groups excluding carboxylic acids is 1. The number of rotatable bonds is 3. The molecule has 0 aromatic carbocycles. The summed E-state index contributed by atoms with van der Waals surface area (Å²) < 4.78 is 0. The molecule has 1 amide bonds. The van der Waals surface area contributed by atoms with E-state index in [0.717, 1.165) is 25.9 Å². The molecule has 1 atom stereocenters. The SMILES string of the molecule is CCCC(=O)N1CCCC(N2CCCC2)C1. The van der Waals surface area contributed by atoms with Crippen LogP contribution < -0.4 is 0 Å². The van der Waals surface area contributed by atoms with Gasteiger partial charge in [-0.05, 0) is 45.2 Å². The van der Waals surface area contributed by atoms with Crippen molar-refractivity contribution >= 4 is 5.91 Å². The van der Waals surface area contributed by atoms with Gasteiger partial charge in [-0.25, -0.2) is 0 Å². The van der Waals surface area contributed by atoms with Gasteiger partial charge in [0.25, 0.3) is 0 Å². The second-order valence-electron chi connectivity index (χ2n) is 5.13. The number of hydrogen-bond acceptors (Lipinski definition) is 2. The molecular formula is C13H24N2O. The lowest BCUT2D eigenvalue weighted by molar-refractivity contribution is -0.133. The van der Waals surface area contributed by atoms with E-state index < -0.39 is 0 Å². The normalized spacial score (nSPS) is 27.3. The summed E-state index contributed by atoms with van der Waals surface area (Å²) in [4.78, 5) is 16.5. The summed E-state index contributed by atoms with van der Waals surface area (Å²) >= 11 is 0. The number of likely N-dealkylation sites (tertiary alicyclic amines) is 2. The Morgan fingerprint density at radius 1 is 1.19 bits per heavy atom. The highest BCUT2D eigenvalue weighted by atomic mass is 16.2. The maximum Gasteiger partial charge on any atom is 0.222 e. The highest BCUT2D eigenvalue weighted by molar-refractivity contribution is 5.76. The Balaban J connectivity index is 1.85. The lowest BCUT2D eigenvalue weighted by atomic mass is 10.0. The smallest absolute Gasteiger partial charge is 0.222 e. The van der Waals surface area contributed by atoms with Gasteiger partial charge in [-0.2, -0.15) is 0 Å². The van der Waals surface area contributed by atoms with Crippen molar-refractivity contribution in [1.82, 2.24) is 9.80 Å². The topological polar surface area (TPSA) is 23.6 Å². The number of nitrogens with zero attached hydrogens (tertiary/aromatic N) is 2. The summed E-state index contributed by atoms with van der Waals surface area (Å²) in [6.45, 7) is 6.56. The second kappa shape index (κ2) is 5.67. The van der Waals surface area contributed by atoms with E-state index in [1.54, 1.807) is 0 Å². The number of hydrogen-bond donors (Lipinski definition) is 0. The van der Waals surface area contributed by atoms with Gasteiger partial charge in [-0.3, -0.25) is 9.69 Å². The molecule has 16 heavy (non-hydrogen) atoms. The Kier molecular flexibility index (Phi) is 4.22. The van der Waals surface area contributed by atoms with Gasteiger partial charge in [0, 0.05) is 25.6 Å². The highest BCUT2D eigenvalue weighted by Crippen LogP contribution is 2.20. The molecule has 0 N–H and O–H groups in total. The van der Waals surface area contributed by atoms with Gasteiger partial charge >= 0.3 is 0 Å².